The standard InChI is InChI=1S/C15H20O2/c1-11-7-6-8-13(12(11)2)9-10-14(16)17-15(3,4)5/h6-10H,1-5H3/b10-9+. The van der Waals surface area contributed by atoms with Crippen molar-refractivity contribution in [1.82, 2.24) is 0 Å². The lowest BCUT2D eigenvalue weighted by Gasteiger charge is -2.17. The van der Waals surface area contributed by atoms with E-state index < -0.39 is 5.60 Å². The second kappa shape index (κ2) is 5.17. The number of esters is 1. The van der Waals surface area contributed by atoms with E-state index in [4.69, 9.17) is 4.74 Å². The van der Waals surface area contributed by atoms with Gasteiger partial charge in [0.25, 0.3) is 0 Å². The van der Waals surface area contributed by atoms with Gasteiger partial charge in [0.2, 0.25) is 0 Å². The molecule has 2 heteroatoms. The molecule has 0 N–H and O–H groups in total. The zero-order valence-corrected chi connectivity index (χ0v) is 11.2. The van der Waals surface area contributed by atoms with Crippen LogP contribution in [0.15, 0.2) is 24.3 Å². The molecule has 0 saturated heterocycles. The van der Waals surface area contributed by atoms with E-state index in [1.54, 1.807) is 6.08 Å². The van der Waals surface area contributed by atoms with E-state index >= 15 is 0 Å². The summed E-state index contributed by atoms with van der Waals surface area (Å²) >= 11 is 0. The molecule has 92 valence electrons. The van der Waals surface area contributed by atoms with Gasteiger partial charge in [-0.15, -0.1) is 0 Å². The smallest absolute Gasteiger partial charge is 0.331 e. The van der Waals surface area contributed by atoms with Gasteiger partial charge in [0.15, 0.2) is 0 Å². The number of hydrogen-bond donors (Lipinski definition) is 0. The van der Waals surface area contributed by atoms with Gasteiger partial charge >= 0.3 is 5.97 Å². The molecule has 0 spiro atoms. The van der Waals surface area contributed by atoms with Crippen LogP contribution in [0.5, 0.6) is 0 Å². The minimum absolute atomic E-state index is 0.307. The predicted octanol–water partition coefficient (Wildman–Crippen LogP) is 3.66. The molecule has 17 heavy (non-hydrogen) atoms. The van der Waals surface area contributed by atoms with Crippen LogP contribution in [0.25, 0.3) is 6.08 Å². The monoisotopic (exact) mass is 232 g/mol. The largest absolute Gasteiger partial charge is 0.457 e. The topological polar surface area (TPSA) is 26.3 Å². The number of carbonyl (C=O) groups excluding carboxylic acids is 1. The second-order valence-corrected chi connectivity index (χ2v) is 5.16. The summed E-state index contributed by atoms with van der Waals surface area (Å²) < 4.78 is 5.20. The van der Waals surface area contributed by atoms with E-state index in [1.165, 1.54) is 17.2 Å². The third-order valence-corrected chi connectivity index (χ3v) is 2.45. The van der Waals surface area contributed by atoms with Gasteiger partial charge in [0.05, 0.1) is 0 Å². The summed E-state index contributed by atoms with van der Waals surface area (Å²) in [5.41, 5.74) is 3.02. The Morgan fingerprint density at radius 3 is 2.47 bits per heavy atom. The number of rotatable bonds is 2. The number of benzene rings is 1. The van der Waals surface area contributed by atoms with E-state index in [0.717, 1.165) is 5.56 Å². The van der Waals surface area contributed by atoms with Crippen LogP contribution in [0.1, 0.15) is 37.5 Å². The van der Waals surface area contributed by atoms with Gasteiger partial charge in [-0.25, -0.2) is 4.79 Å². The quantitative estimate of drug-likeness (QED) is 0.574. The summed E-state index contributed by atoms with van der Waals surface area (Å²) in [7, 11) is 0. The molecule has 0 radical (unpaired) electrons. The van der Waals surface area contributed by atoms with Gasteiger partial charge < -0.3 is 4.74 Å². The number of carbonyl (C=O) groups is 1. The van der Waals surface area contributed by atoms with Crippen LogP contribution < -0.4 is 0 Å². The first kappa shape index (κ1) is 13.5. The zero-order chi connectivity index (χ0) is 13.1. The molecule has 0 bridgehead atoms. The minimum atomic E-state index is -0.441. The molecule has 0 fully saturated rings. The van der Waals surface area contributed by atoms with Crippen molar-refractivity contribution in [3.8, 4) is 0 Å². The zero-order valence-electron chi connectivity index (χ0n) is 11.2. The number of hydrogen-bond acceptors (Lipinski definition) is 2. The van der Waals surface area contributed by atoms with Gasteiger partial charge in [-0.05, 0) is 57.4 Å². The number of ether oxygens (including phenoxy) is 1. The number of aryl methyl sites for hydroxylation is 1. The van der Waals surface area contributed by atoms with Crippen molar-refractivity contribution in [3.05, 3.63) is 41.0 Å². The van der Waals surface area contributed by atoms with Crippen molar-refractivity contribution in [2.45, 2.75) is 40.2 Å². The molecule has 0 aliphatic carbocycles. The molecular weight excluding hydrogens is 212 g/mol. The third kappa shape index (κ3) is 4.43. The van der Waals surface area contributed by atoms with Crippen molar-refractivity contribution in [2.75, 3.05) is 0 Å². The van der Waals surface area contributed by atoms with Crippen LogP contribution >= 0.6 is 0 Å². The first-order chi connectivity index (χ1) is 7.79. The van der Waals surface area contributed by atoms with Crippen molar-refractivity contribution < 1.29 is 9.53 Å². The third-order valence-electron chi connectivity index (χ3n) is 2.45. The van der Waals surface area contributed by atoms with Crippen molar-refractivity contribution in [3.63, 3.8) is 0 Å². The summed E-state index contributed by atoms with van der Waals surface area (Å²) in [6.07, 6.45) is 3.28. The van der Waals surface area contributed by atoms with Crippen LogP contribution in [0, 0.1) is 13.8 Å². The van der Waals surface area contributed by atoms with E-state index in [0.29, 0.717) is 0 Å². The van der Waals surface area contributed by atoms with Gasteiger partial charge in [-0.1, -0.05) is 18.2 Å². The minimum Gasteiger partial charge on any atom is -0.457 e. The molecule has 0 aliphatic rings. The highest BCUT2D eigenvalue weighted by Crippen LogP contribution is 2.14. The molecule has 2 nitrogen and oxygen atoms in total. The average molecular weight is 232 g/mol. The van der Waals surface area contributed by atoms with Crippen LogP contribution in [0.4, 0.5) is 0 Å². The second-order valence-electron chi connectivity index (χ2n) is 5.16. The van der Waals surface area contributed by atoms with Crippen LogP contribution in [-0.4, -0.2) is 11.6 Å². The lowest BCUT2D eigenvalue weighted by molar-refractivity contribution is -0.148. The summed E-state index contributed by atoms with van der Waals surface area (Å²) in [5.74, 6) is -0.307. The lowest BCUT2D eigenvalue weighted by atomic mass is 10.0. The fraction of sp³-hybridized carbons (Fsp3) is 0.400. The molecule has 1 rings (SSSR count). The highest BCUT2D eigenvalue weighted by Gasteiger charge is 2.13. The molecule has 0 aromatic heterocycles. The first-order valence-corrected chi connectivity index (χ1v) is 5.77. The van der Waals surface area contributed by atoms with Crippen LogP contribution in [0.2, 0.25) is 0 Å². The first-order valence-electron chi connectivity index (χ1n) is 5.77. The lowest BCUT2D eigenvalue weighted by Crippen LogP contribution is -2.22. The van der Waals surface area contributed by atoms with Crippen molar-refractivity contribution in [2.24, 2.45) is 0 Å². The Kier molecular flexibility index (Phi) is 4.11. The van der Waals surface area contributed by atoms with Crippen molar-refractivity contribution in [1.29, 1.82) is 0 Å². The fourth-order valence-electron chi connectivity index (χ4n) is 1.45. The molecule has 0 aliphatic heterocycles. The molecule has 0 atom stereocenters. The predicted molar refractivity (Wildman–Crippen MR) is 70.8 cm³/mol. The summed E-state index contributed by atoms with van der Waals surface area (Å²) in [4.78, 5) is 11.5. The Balaban J connectivity index is 2.78. The van der Waals surface area contributed by atoms with E-state index in [-0.39, 0.29) is 5.97 Å². The summed E-state index contributed by atoms with van der Waals surface area (Å²) in [6, 6.07) is 6.03. The maximum Gasteiger partial charge on any atom is 0.331 e. The highest BCUT2D eigenvalue weighted by atomic mass is 16.6. The SMILES string of the molecule is Cc1cccc(/C=C/C(=O)OC(C)(C)C)c1C. The normalized spacial score (nSPS) is 11.8. The summed E-state index contributed by atoms with van der Waals surface area (Å²) in [5, 5.41) is 0. The Hall–Kier alpha value is -1.57. The van der Waals surface area contributed by atoms with E-state index in [2.05, 4.69) is 13.0 Å². The molecule has 0 amide bonds. The molecular formula is C15H20O2. The molecule has 0 saturated carbocycles. The van der Waals surface area contributed by atoms with Crippen LogP contribution in [0.3, 0.4) is 0 Å². The molecule has 0 heterocycles. The maximum absolute atomic E-state index is 11.5. The Bertz CT molecular complexity index is 437. The average Bonchev–Trinajstić information content (AvgIpc) is 2.18. The Morgan fingerprint density at radius 1 is 1.24 bits per heavy atom. The van der Waals surface area contributed by atoms with E-state index in [9.17, 15) is 4.79 Å². The molecule has 0 unspecified atom stereocenters. The highest BCUT2D eigenvalue weighted by molar-refractivity contribution is 5.87. The fourth-order valence-corrected chi connectivity index (χ4v) is 1.45. The van der Waals surface area contributed by atoms with Gasteiger partial charge in [-0.3, -0.25) is 0 Å². The van der Waals surface area contributed by atoms with Gasteiger partial charge in [-0.2, -0.15) is 0 Å². The van der Waals surface area contributed by atoms with E-state index in [1.807, 2.05) is 39.8 Å². The summed E-state index contributed by atoms with van der Waals surface area (Å²) in [6.45, 7) is 9.67. The van der Waals surface area contributed by atoms with Gasteiger partial charge in [0.1, 0.15) is 5.60 Å². The molecule has 1 aromatic rings. The van der Waals surface area contributed by atoms with Crippen LogP contribution in [-0.2, 0) is 9.53 Å². The maximum atomic E-state index is 11.5. The molecule has 1 aromatic carbocycles. The van der Waals surface area contributed by atoms with Gasteiger partial charge in [0, 0.05) is 6.08 Å². The Morgan fingerprint density at radius 2 is 1.88 bits per heavy atom. The van der Waals surface area contributed by atoms with Crippen molar-refractivity contribution >= 4 is 12.0 Å². The Labute approximate surface area is 103 Å².